The highest BCUT2D eigenvalue weighted by Crippen LogP contribution is 2.44. The summed E-state index contributed by atoms with van der Waals surface area (Å²) in [6, 6.07) is 2.73. The van der Waals surface area contributed by atoms with E-state index in [-0.39, 0.29) is 11.5 Å². The van der Waals surface area contributed by atoms with Crippen molar-refractivity contribution in [1.29, 1.82) is 0 Å². The second-order valence-corrected chi connectivity index (χ2v) is 12.6. The Morgan fingerprint density at radius 3 is 2.53 bits per heavy atom. The quantitative estimate of drug-likeness (QED) is 0.580. The highest BCUT2D eigenvalue weighted by molar-refractivity contribution is 7.12. The average molecular weight is 512 g/mol. The molecule has 2 aromatic rings. The zero-order chi connectivity index (χ0) is 25.6. The van der Waals surface area contributed by atoms with E-state index in [0.29, 0.717) is 30.5 Å². The Kier molecular flexibility index (Phi) is 7.44. The normalized spacial score (nSPS) is 24.0. The van der Waals surface area contributed by atoms with Crippen molar-refractivity contribution >= 4 is 17.2 Å². The molecule has 1 saturated heterocycles. The number of hydrogen-bond acceptors (Lipinski definition) is 5. The van der Waals surface area contributed by atoms with Crippen molar-refractivity contribution in [2.75, 3.05) is 33.4 Å². The Bertz CT molecular complexity index is 1170. The van der Waals surface area contributed by atoms with E-state index in [1.165, 1.54) is 54.1 Å². The third-order valence-corrected chi connectivity index (χ3v) is 10.5. The molecular weight excluding hydrogens is 470 g/mol. The van der Waals surface area contributed by atoms with E-state index >= 15 is 0 Å². The Morgan fingerprint density at radius 2 is 1.86 bits per heavy atom. The number of likely N-dealkylation sites (tertiary alicyclic amines) is 1. The number of nitrogens with zero attached hydrogens (tertiary/aromatic N) is 2. The van der Waals surface area contributed by atoms with E-state index in [1.807, 2.05) is 36.2 Å². The molecule has 2 aliphatic heterocycles. The van der Waals surface area contributed by atoms with Gasteiger partial charge in [-0.2, -0.15) is 0 Å². The smallest absolute Gasteiger partial charge is 0.255 e. The summed E-state index contributed by atoms with van der Waals surface area (Å²) in [6.45, 7) is 12.7. The van der Waals surface area contributed by atoms with Gasteiger partial charge >= 0.3 is 0 Å². The van der Waals surface area contributed by atoms with Gasteiger partial charge in [0.15, 0.2) is 0 Å². The predicted molar refractivity (Wildman–Crippen MR) is 145 cm³/mol. The number of amides is 1. The first-order valence-electron chi connectivity index (χ1n) is 13.6. The van der Waals surface area contributed by atoms with Crippen LogP contribution in [0.25, 0.3) is 0 Å². The number of H-pyrrole nitrogens is 1. The highest BCUT2D eigenvalue weighted by atomic mass is 32.1. The Balaban J connectivity index is 1.24. The molecule has 1 aliphatic carbocycles. The lowest BCUT2D eigenvalue weighted by Gasteiger charge is -2.47. The topological polar surface area (TPSA) is 65.6 Å². The minimum atomic E-state index is -0.0782. The Labute approximate surface area is 219 Å². The van der Waals surface area contributed by atoms with Crippen LogP contribution in [0.4, 0.5) is 0 Å². The number of pyridine rings is 1. The summed E-state index contributed by atoms with van der Waals surface area (Å²) >= 11 is 1.87. The summed E-state index contributed by atoms with van der Waals surface area (Å²) in [5.41, 5.74) is 4.52. The number of fused-ring (bicyclic) bond motifs is 1. The molecule has 1 N–H and O–H groups in total. The number of thiophene rings is 1. The number of carbonyl (C=O) groups is 1. The molecular formula is C29H41N3O3S. The molecule has 0 bridgehead atoms. The number of aryl methyl sites for hydroxylation is 2. The first-order chi connectivity index (χ1) is 17.3. The SMILES string of the molecule is COCC1CN([C@H]2CC[C@H](C(C)c3sc4c(c3C)C(=O)N(Cc3c(C)cc(C)[nH]c3=O)CC4)CC2)C1. The molecule has 2 aromatic heterocycles. The van der Waals surface area contributed by atoms with Crippen LogP contribution in [0.2, 0.25) is 0 Å². The zero-order valence-electron chi connectivity index (χ0n) is 22.5. The lowest BCUT2D eigenvalue weighted by atomic mass is 9.76. The van der Waals surface area contributed by atoms with Crippen LogP contribution in [-0.2, 0) is 17.7 Å². The fourth-order valence-corrected chi connectivity index (χ4v) is 8.26. The number of hydrogen-bond donors (Lipinski definition) is 1. The van der Waals surface area contributed by atoms with Crippen LogP contribution in [0.1, 0.15) is 81.0 Å². The Morgan fingerprint density at radius 1 is 1.14 bits per heavy atom. The summed E-state index contributed by atoms with van der Waals surface area (Å²) in [7, 11) is 1.80. The molecule has 196 valence electrons. The van der Waals surface area contributed by atoms with E-state index in [2.05, 4.69) is 23.7 Å². The number of aromatic nitrogens is 1. The maximum Gasteiger partial charge on any atom is 0.255 e. The number of rotatable bonds is 7. The van der Waals surface area contributed by atoms with E-state index in [4.69, 9.17) is 4.74 Å². The van der Waals surface area contributed by atoms with Crippen molar-refractivity contribution in [3.8, 4) is 0 Å². The molecule has 4 heterocycles. The van der Waals surface area contributed by atoms with Crippen LogP contribution in [-0.4, -0.2) is 60.1 Å². The molecule has 36 heavy (non-hydrogen) atoms. The fraction of sp³-hybridized carbons (Fsp3) is 0.655. The van der Waals surface area contributed by atoms with Gasteiger partial charge in [-0.1, -0.05) is 6.92 Å². The summed E-state index contributed by atoms with van der Waals surface area (Å²) in [5, 5.41) is 0. The lowest BCUT2D eigenvalue weighted by molar-refractivity contribution is -0.00954. The number of nitrogens with one attached hydrogen (secondary N) is 1. The number of methoxy groups -OCH3 is 1. The van der Waals surface area contributed by atoms with Crippen LogP contribution in [0.15, 0.2) is 10.9 Å². The van der Waals surface area contributed by atoms with Crippen LogP contribution in [0.3, 0.4) is 0 Å². The van der Waals surface area contributed by atoms with Crippen molar-refractivity contribution in [1.82, 2.24) is 14.8 Å². The minimum Gasteiger partial charge on any atom is -0.384 e. The van der Waals surface area contributed by atoms with Crippen LogP contribution >= 0.6 is 11.3 Å². The summed E-state index contributed by atoms with van der Waals surface area (Å²) in [5.74, 6) is 1.99. The van der Waals surface area contributed by atoms with Crippen LogP contribution in [0.5, 0.6) is 0 Å². The van der Waals surface area contributed by atoms with Gasteiger partial charge in [0.05, 0.1) is 18.7 Å². The van der Waals surface area contributed by atoms with Crippen molar-refractivity contribution in [2.24, 2.45) is 11.8 Å². The van der Waals surface area contributed by atoms with Crippen molar-refractivity contribution < 1.29 is 9.53 Å². The maximum absolute atomic E-state index is 13.6. The van der Waals surface area contributed by atoms with Gasteiger partial charge in [0.25, 0.3) is 11.5 Å². The van der Waals surface area contributed by atoms with E-state index < -0.39 is 0 Å². The Hall–Kier alpha value is -1.96. The third-order valence-electron chi connectivity index (χ3n) is 8.98. The molecule has 1 atom stereocenters. The van der Waals surface area contributed by atoms with E-state index in [1.54, 1.807) is 7.11 Å². The summed E-state index contributed by atoms with van der Waals surface area (Å²) in [6.07, 6.45) is 6.00. The number of ether oxygens (including phenoxy) is 1. The van der Waals surface area contributed by atoms with Crippen molar-refractivity contribution in [3.05, 3.63) is 54.1 Å². The summed E-state index contributed by atoms with van der Waals surface area (Å²) < 4.78 is 5.32. The van der Waals surface area contributed by atoms with Gasteiger partial charge in [0.1, 0.15) is 0 Å². The molecule has 5 rings (SSSR count). The first kappa shape index (κ1) is 25.7. The average Bonchev–Trinajstić information content (AvgIpc) is 3.16. The molecule has 2 fully saturated rings. The molecule has 7 heteroatoms. The largest absolute Gasteiger partial charge is 0.384 e. The molecule has 3 aliphatic rings. The third kappa shape index (κ3) is 4.82. The van der Waals surface area contributed by atoms with E-state index in [0.717, 1.165) is 41.8 Å². The summed E-state index contributed by atoms with van der Waals surface area (Å²) in [4.78, 5) is 36.2. The maximum atomic E-state index is 13.6. The van der Waals surface area contributed by atoms with Crippen LogP contribution < -0.4 is 5.56 Å². The molecule has 0 spiro atoms. The molecule has 6 nitrogen and oxygen atoms in total. The van der Waals surface area contributed by atoms with Gasteiger partial charge in [-0.15, -0.1) is 11.3 Å². The van der Waals surface area contributed by atoms with Crippen molar-refractivity contribution in [3.63, 3.8) is 0 Å². The van der Waals surface area contributed by atoms with Gasteiger partial charge in [-0.25, -0.2) is 0 Å². The molecule has 1 unspecified atom stereocenters. The molecule has 0 aromatic carbocycles. The number of carbonyl (C=O) groups excluding carboxylic acids is 1. The van der Waals surface area contributed by atoms with Gasteiger partial charge in [0.2, 0.25) is 0 Å². The fourth-order valence-electron chi connectivity index (χ4n) is 6.83. The molecule has 0 radical (unpaired) electrons. The second-order valence-electron chi connectivity index (χ2n) is 11.4. The van der Waals surface area contributed by atoms with Gasteiger partial charge in [0, 0.05) is 66.1 Å². The monoisotopic (exact) mass is 511 g/mol. The van der Waals surface area contributed by atoms with Crippen molar-refractivity contribution in [2.45, 2.75) is 78.3 Å². The van der Waals surface area contributed by atoms with Gasteiger partial charge in [-0.3, -0.25) is 14.5 Å². The predicted octanol–water partition coefficient (Wildman–Crippen LogP) is 4.80. The highest BCUT2D eigenvalue weighted by Gasteiger charge is 2.37. The minimum absolute atomic E-state index is 0.0782. The molecule has 1 saturated carbocycles. The first-order valence-corrected chi connectivity index (χ1v) is 14.4. The number of aromatic amines is 1. The van der Waals surface area contributed by atoms with Gasteiger partial charge in [-0.05, 0) is 75.5 Å². The second kappa shape index (κ2) is 10.4. The standard InChI is InChI=1S/C29H41N3O3S/c1-17-12-18(2)30-28(33)24(17)15-31-11-10-25-26(29(31)34)20(4)27(36-25)19(3)22-6-8-23(9-7-22)32-13-21(14-32)16-35-5/h12,19,21-23H,6-11,13-16H2,1-5H3,(H,30,33)/t19?,22-,23-. The van der Waals surface area contributed by atoms with Gasteiger partial charge < -0.3 is 14.6 Å². The zero-order valence-corrected chi connectivity index (χ0v) is 23.3. The molecule has 1 amide bonds. The lowest BCUT2D eigenvalue weighted by Crippen LogP contribution is -2.54. The van der Waals surface area contributed by atoms with E-state index in [9.17, 15) is 9.59 Å². The van der Waals surface area contributed by atoms with Crippen LogP contribution in [0, 0.1) is 32.6 Å².